The molecule has 0 aliphatic carbocycles. The van der Waals surface area contributed by atoms with Crippen LogP contribution >= 0.6 is 11.8 Å². The number of nitrogens with zero attached hydrogens (tertiary/aromatic N) is 3. The maximum Gasteiger partial charge on any atom is 0.242 e. The zero-order valence-electron chi connectivity index (χ0n) is 19.5. The van der Waals surface area contributed by atoms with Crippen LogP contribution in [0.1, 0.15) is 25.0 Å². The number of thioether (sulfide) groups is 1. The van der Waals surface area contributed by atoms with E-state index in [1.807, 2.05) is 39.0 Å². The summed E-state index contributed by atoms with van der Waals surface area (Å²) in [5, 5.41) is 11.6. The van der Waals surface area contributed by atoms with Gasteiger partial charge in [-0.3, -0.25) is 4.79 Å². The van der Waals surface area contributed by atoms with Crippen molar-refractivity contribution in [2.24, 2.45) is 5.14 Å². The molecular formula is C23H26N6O3S2. The number of anilines is 5. The molecule has 0 spiro atoms. The molecule has 1 aliphatic rings. The van der Waals surface area contributed by atoms with Gasteiger partial charge in [-0.1, -0.05) is 6.07 Å². The van der Waals surface area contributed by atoms with Crippen molar-refractivity contribution < 1.29 is 13.2 Å². The molecule has 0 bridgehead atoms. The molecule has 0 unspecified atom stereocenters. The van der Waals surface area contributed by atoms with Gasteiger partial charge in [0.05, 0.1) is 15.3 Å². The Morgan fingerprint density at radius 2 is 1.71 bits per heavy atom. The van der Waals surface area contributed by atoms with Gasteiger partial charge in [-0.05, 0) is 63.6 Å². The zero-order valence-corrected chi connectivity index (χ0v) is 21.1. The smallest absolute Gasteiger partial charge is 0.242 e. The first-order chi connectivity index (χ1) is 15.8. The standard InChI is InChI=1S/C23H26N6O3S2/c1-13-6-7-16(11-19(13)34(24,31)32)27-22-25-12-14(2)20(28-22)26-15-8-9-18-17(10-15)29(5)21(30)23(3,4)33-18/h6-12H,1-5H3,(H2,24,31,32)(H2,25,26,27,28). The molecule has 1 aliphatic heterocycles. The lowest BCUT2D eigenvalue weighted by Crippen LogP contribution is -2.44. The van der Waals surface area contributed by atoms with Crippen LogP contribution < -0.4 is 20.7 Å². The van der Waals surface area contributed by atoms with Crippen LogP contribution in [0.5, 0.6) is 0 Å². The van der Waals surface area contributed by atoms with Crippen molar-refractivity contribution in [1.29, 1.82) is 0 Å². The Balaban J connectivity index is 1.60. The molecule has 178 valence electrons. The first kappa shape index (κ1) is 24.0. The SMILES string of the molecule is Cc1ccc(Nc2ncc(C)c(Nc3ccc4c(c3)N(C)C(=O)C(C)(C)S4)n2)cc1S(N)(=O)=O. The number of aryl methyl sites for hydroxylation is 2. The van der Waals surface area contributed by atoms with E-state index >= 15 is 0 Å². The van der Waals surface area contributed by atoms with Gasteiger partial charge in [-0.15, -0.1) is 11.8 Å². The van der Waals surface area contributed by atoms with Gasteiger partial charge in [-0.25, -0.2) is 18.5 Å². The fourth-order valence-electron chi connectivity index (χ4n) is 3.65. The third-order valence-corrected chi connectivity index (χ3v) is 7.79. The van der Waals surface area contributed by atoms with Crippen LogP contribution in [-0.4, -0.2) is 36.1 Å². The van der Waals surface area contributed by atoms with Crippen LogP contribution in [0, 0.1) is 13.8 Å². The lowest BCUT2D eigenvalue weighted by atomic mass is 10.1. The van der Waals surface area contributed by atoms with E-state index < -0.39 is 14.8 Å². The predicted molar refractivity (Wildman–Crippen MR) is 136 cm³/mol. The van der Waals surface area contributed by atoms with Crippen molar-refractivity contribution in [3.63, 3.8) is 0 Å². The number of aromatic nitrogens is 2. The summed E-state index contributed by atoms with van der Waals surface area (Å²) in [5.74, 6) is 0.915. The Morgan fingerprint density at radius 1 is 1.03 bits per heavy atom. The maximum absolute atomic E-state index is 12.7. The van der Waals surface area contributed by atoms with Crippen LogP contribution in [0.3, 0.4) is 0 Å². The number of hydrogen-bond donors (Lipinski definition) is 3. The van der Waals surface area contributed by atoms with Gasteiger partial charge >= 0.3 is 0 Å². The molecule has 4 N–H and O–H groups in total. The highest BCUT2D eigenvalue weighted by atomic mass is 32.2. The number of nitrogens with one attached hydrogen (secondary N) is 2. The van der Waals surface area contributed by atoms with Gasteiger partial charge in [0.1, 0.15) is 5.82 Å². The summed E-state index contributed by atoms with van der Waals surface area (Å²) < 4.78 is 23.1. The predicted octanol–water partition coefficient (Wildman–Crippen LogP) is 4.08. The second-order valence-electron chi connectivity index (χ2n) is 8.66. The number of rotatable bonds is 5. The third kappa shape index (κ3) is 4.72. The summed E-state index contributed by atoms with van der Waals surface area (Å²) in [6.45, 7) is 7.40. The lowest BCUT2D eigenvalue weighted by molar-refractivity contribution is -0.120. The van der Waals surface area contributed by atoms with Gasteiger partial charge in [0.2, 0.25) is 21.9 Å². The van der Waals surface area contributed by atoms with E-state index in [4.69, 9.17) is 5.14 Å². The molecule has 4 rings (SSSR count). The first-order valence-corrected chi connectivity index (χ1v) is 12.8. The number of carbonyl (C=O) groups excluding carboxylic acids is 1. The van der Waals surface area contributed by atoms with Crippen molar-refractivity contribution in [3.8, 4) is 0 Å². The normalized spacial score (nSPS) is 15.1. The fourth-order valence-corrected chi connectivity index (χ4v) is 5.67. The Kier molecular flexibility index (Phi) is 6.05. The fraction of sp³-hybridized carbons (Fsp3) is 0.261. The van der Waals surface area contributed by atoms with Gasteiger partial charge in [0.25, 0.3) is 0 Å². The van der Waals surface area contributed by atoms with Gasteiger partial charge in [0.15, 0.2) is 0 Å². The monoisotopic (exact) mass is 498 g/mol. The van der Waals surface area contributed by atoms with Crippen molar-refractivity contribution in [2.45, 2.75) is 42.2 Å². The van der Waals surface area contributed by atoms with E-state index in [-0.39, 0.29) is 10.8 Å². The molecule has 0 atom stereocenters. The summed E-state index contributed by atoms with van der Waals surface area (Å²) in [6.07, 6.45) is 1.67. The average Bonchev–Trinajstić information content (AvgIpc) is 2.75. The molecule has 1 amide bonds. The van der Waals surface area contributed by atoms with E-state index in [2.05, 4.69) is 20.6 Å². The highest BCUT2D eigenvalue weighted by Gasteiger charge is 2.38. The van der Waals surface area contributed by atoms with Crippen molar-refractivity contribution >= 4 is 56.5 Å². The molecule has 0 saturated heterocycles. The van der Waals surface area contributed by atoms with Crippen molar-refractivity contribution in [1.82, 2.24) is 9.97 Å². The molecule has 1 aromatic heterocycles. The number of carbonyl (C=O) groups is 1. The number of nitrogens with two attached hydrogens (primary N) is 1. The molecule has 0 fully saturated rings. The van der Waals surface area contributed by atoms with Crippen molar-refractivity contribution in [2.75, 3.05) is 22.6 Å². The van der Waals surface area contributed by atoms with Gasteiger partial charge in [-0.2, -0.15) is 4.98 Å². The average molecular weight is 499 g/mol. The number of primary sulfonamides is 1. The largest absolute Gasteiger partial charge is 0.340 e. The number of hydrogen-bond acceptors (Lipinski definition) is 8. The summed E-state index contributed by atoms with van der Waals surface area (Å²) in [4.78, 5) is 24.3. The second kappa shape index (κ2) is 8.57. The van der Waals surface area contributed by atoms with Crippen LogP contribution in [0.2, 0.25) is 0 Å². The quantitative estimate of drug-likeness (QED) is 0.480. The molecule has 9 nitrogen and oxygen atoms in total. The molecular weight excluding hydrogens is 472 g/mol. The van der Waals surface area contributed by atoms with Crippen LogP contribution in [0.4, 0.5) is 28.8 Å². The van der Waals surface area contributed by atoms with Crippen LogP contribution in [0.15, 0.2) is 52.4 Å². The number of sulfonamides is 1. The number of amides is 1. The lowest BCUT2D eigenvalue weighted by Gasteiger charge is -2.36. The van der Waals surface area contributed by atoms with Crippen LogP contribution in [0.25, 0.3) is 0 Å². The number of fused-ring (bicyclic) bond motifs is 1. The Hall–Kier alpha value is -3.15. The summed E-state index contributed by atoms with van der Waals surface area (Å²) in [7, 11) is -2.07. The highest BCUT2D eigenvalue weighted by molar-refractivity contribution is 8.01. The van der Waals surface area contributed by atoms with E-state index in [0.29, 0.717) is 23.0 Å². The highest BCUT2D eigenvalue weighted by Crippen LogP contribution is 2.45. The minimum Gasteiger partial charge on any atom is -0.340 e. The molecule has 0 radical (unpaired) electrons. The molecule has 2 heterocycles. The Morgan fingerprint density at radius 3 is 2.41 bits per heavy atom. The molecule has 0 saturated carbocycles. The van der Waals surface area contributed by atoms with Gasteiger partial charge < -0.3 is 15.5 Å². The molecule has 3 aromatic rings. The summed E-state index contributed by atoms with van der Waals surface area (Å²) >= 11 is 1.55. The van der Waals surface area contributed by atoms with Crippen LogP contribution in [-0.2, 0) is 14.8 Å². The molecule has 34 heavy (non-hydrogen) atoms. The minimum absolute atomic E-state index is 0.0386. The van der Waals surface area contributed by atoms with E-state index in [9.17, 15) is 13.2 Å². The molecule has 11 heteroatoms. The topological polar surface area (TPSA) is 130 Å². The van der Waals surface area contributed by atoms with E-state index in [1.165, 1.54) is 6.07 Å². The number of benzene rings is 2. The zero-order chi connectivity index (χ0) is 24.8. The Labute approximate surface area is 203 Å². The van der Waals surface area contributed by atoms with Gasteiger partial charge in [0, 0.05) is 35.1 Å². The Bertz CT molecular complexity index is 1410. The van der Waals surface area contributed by atoms with E-state index in [1.54, 1.807) is 49.0 Å². The molecule has 2 aromatic carbocycles. The maximum atomic E-state index is 12.7. The van der Waals surface area contributed by atoms with Crippen molar-refractivity contribution in [3.05, 3.63) is 53.7 Å². The minimum atomic E-state index is -3.85. The van der Waals surface area contributed by atoms with E-state index in [0.717, 1.165) is 21.8 Å². The summed E-state index contributed by atoms with van der Waals surface area (Å²) in [6, 6.07) is 10.7. The first-order valence-electron chi connectivity index (χ1n) is 10.5. The summed E-state index contributed by atoms with van der Waals surface area (Å²) in [5.41, 5.74) is 3.48. The third-order valence-electron chi connectivity index (χ3n) is 5.49. The second-order valence-corrected chi connectivity index (χ2v) is 11.9.